The number of thiazole rings is 1. The van der Waals surface area contributed by atoms with Gasteiger partial charge in [0.1, 0.15) is 0 Å². The minimum absolute atomic E-state index is 0.191. The molecule has 0 N–H and O–H groups in total. The number of hydrogen-bond donors (Lipinski definition) is 0. The molecule has 0 aromatic carbocycles. The molecule has 0 fully saturated rings. The van der Waals surface area contributed by atoms with E-state index in [9.17, 15) is 4.79 Å². The quantitative estimate of drug-likeness (QED) is 0.719. The number of nitrogens with zero attached hydrogens (tertiary/aromatic N) is 1. The lowest BCUT2D eigenvalue weighted by Gasteiger charge is -2.00. The fourth-order valence-electron chi connectivity index (χ4n) is 1.32. The van der Waals surface area contributed by atoms with E-state index in [1.807, 2.05) is 12.3 Å². The first-order valence-electron chi connectivity index (χ1n) is 5.70. The number of hydrogen-bond acceptors (Lipinski definition) is 4. The zero-order valence-corrected chi connectivity index (χ0v) is 11.0. The molecule has 0 amide bonds. The highest BCUT2D eigenvalue weighted by molar-refractivity contribution is 7.09. The topological polar surface area (TPSA) is 39.2 Å². The van der Waals surface area contributed by atoms with E-state index >= 15 is 0 Å². The number of carbonyl (C=O) groups excluding carboxylic acids is 1. The van der Waals surface area contributed by atoms with Crippen molar-refractivity contribution in [1.29, 1.82) is 0 Å². The minimum atomic E-state index is -0.191. The lowest BCUT2D eigenvalue weighted by molar-refractivity contribution is -0.142. The van der Waals surface area contributed by atoms with Crippen LogP contribution in [-0.2, 0) is 22.4 Å². The molecule has 16 heavy (non-hydrogen) atoms. The Morgan fingerprint density at radius 3 is 2.94 bits per heavy atom. The number of rotatable bonds is 6. The third-order valence-electron chi connectivity index (χ3n) is 2.17. The molecule has 1 aromatic heterocycles. The summed E-state index contributed by atoms with van der Waals surface area (Å²) in [5.74, 6) is 0.501. The van der Waals surface area contributed by atoms with E-state index in [0.29, 0.717) is 18.9 Å². The summed E-state index contributed by atoms with van der Waals surface area (Å²) in [5.41, 5.74) is 0.835. The highest BCUT2D eigenvalue weighted by atomic mass is 32.1. The van der Waals surface area contributed by atoms with Gasteiger partial charge in [-0.3, -0.25) is 4.79 Å². The van der Waals surface area contributed by atoms with Crippen molar-refractivity contribution in [3.05, 3.63) is 16.1 Å². The zero-order valence-electron chi connectivity index (χ0n) is 10.2. The van der Waals surface area contributed by atoms with E-state index in [1.54, 1.807) is 11.3 Å². The molecular weight excluding hydrogens is 222 g/mol. The lowest BCUT2D eigenvalue weighted by atomic mass is 10.1. The summed E-state index contributed by atoms with van der Waals surface area (Å²) in [6.45, 7) is 6.65. The van der Waals surface area contributed by atoms with Crippen LogP contribution in [0.2, 0.25) is 0 Å². The Hall–Kier alpha value is -0.900. The van der Waals surface area contributed by atoms with Gasteiger partial charge < -0.3 is 4.74 Å². The van der Waals surface area contributed by atoms with E-state index in [2.05, 4.69) is 18.8 Å². The van der Waals surface area contributed by atoms with E-state index < -0.39 is 0 Å². The highest BCUT2D eigenvalue weighted by Crippen LogP contribution is 2.15. The first-order valence-corrected chi connectivity index (χ1v) is 6.58. The van der Waals surface area contributed by atoms with Gasteiger partial charge in [0.2, 0.25) is 0 Å². The predicted octanol–water partition coefficient (Wildman–Crippen LogP) is 2.84. The van der Waals surface area contributed by atoms with Gasteiger partial charge in [-0.05, 0) is 25.7 Å². The second-order valence-corrected chi connectivity index (χ2v) is 5.09. The number of esters is 1. The van der Waals surface area contributed by atoms with Crippen LogP contribution in [0.4, 0.5) is 0 Å². The molecule has 0 atom stereocenters. The van der Waals surface area contributed by atoms with Crippen molar-refractivity contribution in [1.82, 2.24) is 4.98 Å². The Kier molecular flexibility index (Phi) is 5.46. The molecule has 0 aliphatic carbocycles. The number of aromatic nitrogens is 1. The Bertz CT molecular complexity index is 334. The van der Waals surface area contributed by atoms with Gasteiger partial charge in [0, 0.05) is 5.38 Å². The Labute approximate surface area is 101 Å². The van der Waals surface area contributed by atoms with E-state index in [-0.39, 0.29) is 5.97 Å². The number of aryl methyl sites for hydroxylation is 1. The van der Waals surface area contributed by atoms with Crippen molar-refractivity contribution < 1.29 is 9.53 Å². The number of carbonyl (C=O) groups is 1. The summed E-state index contributed by atoms with van der Waals surface area (Å²) in [5, 5.41) is 3.07. The minimum Gasteiger partial charge on any atom is -0.466 e. The van der Waals surface area contributed by atoms with Crippen LogP contribution in [0.5, 0.6) is 0 Å². The van der Waals surface area contributed by atoms with Gasteiger partial charge in [-0.15, -0.1) is 11.3 Å². The van der Waals surface area contributed by atoms with Crippen molar-refractivity contribution in [2.75, 3.05) is 6.61 Å². The summed E-state index contributed by atoms with van der Waals surface area (Å²) in [4.78, 5) is 15.7. The fraction of sp³-hybridized carbons (Fsp3) is 0.667. The van der Waals surface area contributed by atoms with Gasteiger partial charge in [0.05, 0.1) is 23.7 Å². The summed E-state index contributed by atoms with van der Waals surface area (Å²) in [7, 11) is 0. The van der Waals surface area contributed by atoms with Crippen molar-refractivity contribution in [3.8, 4) is 0 Å². The summed E-state index contributed by atoms with van der Waals surface area (Å²) in [6, 6.07) is 0. The molecule has 90 valence electrons. The van der Waals surface area contributed by atoms with Gasteiger partial charge in [0.15, 0.2) is 0 Å². The predicted molar refractivity (Wildman–Crippen MR) is 65.6 cm³/mol. The van der Waals surface area contributed by atoms with Crippen LogP contribution >= 0.6 is 11.3 Å². The second kappa shape index (κ2) is 6.63. The van der Waals surface area contributed by atoms with Gasteiger partial charge in [0.25, 0.3) is 0 Å². The van der Waals surface area contributed by atoms with Crippen molar-refractivity contribution in [3.63, 3.8) is 0 Å². The average Bonchev–Trinajstić information content (AvgIpc) is 2.63. The van der Waals surface area contributed by atoms with Crippen molar-refractivity contribution in [2.24, 2.45) is 5.92 Å². The van der Waals surface area contributed by atoms with Crippen LogP contribution in [-0.4, -0.2) is 17.6 Å². The van der Waals surface area contributed by atoms with E-state index in [4.69, 9.17) is 4.74 Å². The highest BCUT2D eigenvalue weighted by Gasteiger charge is 2.08. The molecule has 1 aromatic rings. The standard InChI is InChI=1S/C12H19NO2S/c1-4-15-12(14)7-10-8-16-11(13-10)6-5-9(2)3/h8-9H,4-7H2,1-3H3. The molecule has 0 saturated carbocycles. The van der Waals surface area contributed by atoms with Gasteiger partial charge in [-0.1, -0.05) is 13.8 Å². The lowest BCUT2D eigenvalue weighted by Crippen LogP contribution is -2.07. The maximum Gasteiger partial charge on any atom is 0.311 e. The second-order valence-electron chi connectivity index (χ2n) is 4.15. The molecular formula is C12H19NO2S. The van der Waals surface area contributed by atoms with Crippen molar-refractivity contribution >= 4 is 17.3 Å². The Morgan fingerprint density at radius 1 is 1.56 bits per heavy atom. The third kappa shape index (κ3) is 4.75. The normalized spacial score (nSPS) is 10.8. The zero-order chi connectivity index (χ0) is 12.0. The smallest absolute Gasteiger partial charge is 0.311 e. The van der Waals surface area contributed by atoms with E-state index in [0.717, 1.165) is 23.5 Å². The van der Waals surface area contributed by atoms with Crippen LogP contribution in [0.15, 0.2) is 5.38 Å². The monoisotopic (exact) mass is 241 g/mol. The van der Waals surface area contributed by atoms with Crippen molar-refractivity contribution in [2.45, 2.75) is 40.0 Å². The molecule has 0 saturated heterocycles. The molecule has 4 heteroatoms. The van der Waals surface area contributed by atoms with E-state index in [1.165, 1.54) is 0 Å². The fourth-order valence-corrected chi connectivity index (χ4v) is 2.13. The summed E-state index contributed by atoms with van der Waals surface area (Å²) in [6.07, 6.45) is 2.45. The molecule has 0 aliphatic rings. The first kappa shape index (κ1) is 13.2. The molecule has 0 aliphatic heterocycles. The number of ether oxygens (including phenoxy) is 1. The van der Waals surface area contributed by atoms with Crippen LogP contribution in [0.3, 0.4) is 0 Å². The van der Waals surface area contributed by atoms with Crippen LogP contribution in [0, 0.1) is 5.92 Å². The van der Waals surface area contributed by atoms with Crippen LogP contribution < -0.4 is 0 Å². The average molecular weight is 241 g/mol. The van der Waals surface area contributed by atoms with Gasteiger partial charge in [-0.25, -0.2) is 4.98 Å². The summed E-state index contributed by atoms with van der Waals surface area (Å²) >= 11 is 1.63. The first-order chi connectivity index (χ1) is 7.61. The molecule has 0 spiro atoms. The largest absolute Gasteiger partial charge is 0.466 e. The third-order valence-corrected chi connectivity index (χ3v) is 3.12. The van der Waals surface area contributed by atoms with Gasteiger partial charge >= 0.3 is 5.97 Å². The Morgan fingerprint density at radius 2 is 2.31 bits per heavy atom. The molecule has 0 bridgehead atoms. The Balaban J connectivity index is 2.42. The molecule has 0 unspecified atom stereocenters. The van der Waals surface area contributed by atoms with Crippen LogP contribution in [0.25, 0.3) is 0 Å². The summed E-state index contributed by atoms with van der Waals surface area (Å²) < 4.78 is 4.88. The molecule has 1 rings (SSSR count). The SMILES string of the molecule is CCOC(=O)Cc1csc(CCC(C)C)n1. The van der Waals surface area contributed by atoms with Gasteiger partial charge in [-0.2, -0.15) is 0 Å². The van der Waals surface area contributed by atoms with Crippen LogP contribution in [0.1, 0.15) is 37.9 Å². The molecule has 0 radical (unpaired) electrons. The maximum absolute atomic E-state index is 11.2. The molecule has 1 heterocycles. The molecule has 3 nitrogen and oxygen atoms in total. The maximum atomic E-state index is 11.2.